The van der Waals surface area contributed by atoms with Crippen LogP contribution in [0.2, 0.25) is 0 Å². The van der Waals surface area contributed by atoms with Gasteiger partial charge in [-0.1, -0.05) is 36.4 Å². The molecule has 1 amide bonds. The Balaban J connectivity index is 1.54. The molecule has 0 radical (unpaired) electrons. The summed E-state index contributed by atoms with van der Waals surface area (Å²) in [5.41, 5.74) is 1.07. The molecule has 3 rings (SSSR count). The third-order valence-corrected chi connectivity index (χ3v) is 4.16. The van der Waals surface area contributed by atoms with Crippen molar-refractivity contribution in [1.82, 2.24) is 5.32 Å². The summed E-state index contributed by atoms with van der Waals surface area (Å²) >= 11 is 0. The molecule has 1 N–H and O–H groups in total. The van der Waals surface area contributed by atoms with Gasteiger partial charge in [-0.25, -0.2) is 0 Å². The first-order valence-corrected chi connectivity index (χ1v) is 8.79. The predicted octanol–water partition coefficient (Wildman–Crippen LogP) is 4.49. The van der Waals surface area contributed by atoms with E-state index in [-0.39, 0.29) is 18.6 Å². The number of hydrogen-bond acceptors (Lipinski definition) is 3. The Morgan fingerprint density at radius 2 is 1.58 bits per heavy atom. The smallest absolute Gasteiger partial charge is 0.258 e. The second-order valence-electron chi connectivity index (χ2n) is 6.09. The first-order chi connectivity index (χ1) is 12.7. The van der Waals surface area contributed by atoms with E-state index in [0.29, 0.717) is 12.4 Å². The van der Waals surface area contributed by atoms with E-state index in [1.54, 1.807) is 12.1 Å². The summed E-state index contributed by atoms with van der Waals surface area (Å²) < 4.78 is 10.9. The van der Waals surface area contributed by atoms with Gasteiger partial charge in [0.2, 0.25) is 0 Å². The maximum atomic E-state index is 12.2. The molecule has 0 spiro atoms. The van der Waals surface area contributed by atoms with Crippen LogP contribution in [0.5, 0.6) is 11.5 Å². The van der Waals surface area contributed by atoms with E-state index in [9.17, 15) is 4.79 Å². The van der Waals surface area contributed by atoms with Crippen molar-refractivity contribution in [3.8, 4) is 11.5 Å². The Kier molecular flexibility index (Phi) is 5.74. The van der Waals surface area contributed by atoms with Gasteiger partial charge in [0.25, 0.3) is 5.91 Å². The van der Waals surface area contributed by atoms with E-state index in [1.807, 2.05) is 44.2 Å². The van der Waals surface area contributed by atoms with Gasteiger partial charge in [0, 0.05) is 0 Å². The summed E-state index contributed by atoms with van der Waals surface area (Å²) in [5.74, 6) is 1.27. The molecule has 3 aromatic carbocycles. The van der Waals surface area contributed by atoms with E-state index >= 15 is 0 Å². The largest absolute Gasteiger partial charge is 0.494 e. The van der Waals surface area contributed by atoms with Crippen molar-refractivity contribution in [2.24, 2.45) is 0 Å². The van der Waals surface area contributed by atoms with Crippen molar-refractivity contribution in [2.75, 3.05) is 13.2 Å². The molecule has 4 heteroatoms. The number of rotatable bonds is 7. The fraction of sp³-hybridized carbons (Fsp3) is 0.227. The molecular formula is C22H23NO3. The molecule has 0 heterocycles. The number of carbonyl (C=O) groups excluding carboxylic acids is 1. The Hall–Kier alpha value is -3.01. The zero-order valence-corrected chi connectivity index (χ0v) is 15.1. The highest BCUT2D eigenvalue weighted by Crippen LogP contribution is 2.20. The summed E-state index contributed by atoms with van der Waals surface area (Å²) in [6.45, 7) is 4.51. The van der Waals surface area contributed by atoms with Crippen molar-refractivity contribution < 1.29 is 14.3 Å². The monoisotopic (exact) mass is 349 g/mol. The van der Waals surface area contributed by atoms with Gasteiger partial charge in [-0.15, -0.1) is 0 Å². The normalized spacial score (nSPS) is 11.8. The summed E-state index contributed by atoms with van der Waals surface area (Å²) in [5, 5.41) is 5.33. The summed E-state index contributed by atoms with van der Waals surface area (Å²) in [4.78, 5) is 12.2. The molecule has 0 aliphatic heterocycles. The molecular weight excluding hydrogens is 326 g/mol. The van der Waals surface area contributed by atoms with E-state index in [1.165, 1.54) is 5.39 Å². The number of amides is 1. The Morgan fingerprint density at radius 1 is 0.923 bits per heavy atom. The van der Waals surface area contributed by atoms with Crippen LogP contribution in [0.15, 0.2) is 66.7 Å². The fourth-order valence-electron chi connectivity index (χ4n) is 2.79. The van der Waals surface area contributed by atoms with E-state index < -0.39 is 0 Å². The van der Waals surface area contributed by atoms with Crippen molar-refractivity contribution >= 4 is 16.7 Å². The maximum Gasteiger partial charge on any atom is 0.258 e. The first-order valence-electron chi connectivity index (χ1n) is 8.79. The molecule has 0 bridgehead atoms. The molecule has 26 heavy (non-hydrogen) atoms. The Bertz CT molecular complexity index is 874. The highest BCUT2D eigenvalue weighted by atomic mass is 16.5. The lowest BCUT2D eigenvalue weighted by Gasteiger charge is -2.15. The second kappa shape index (κ2) is 8.39. The highest BCUT2D eigenvalue weighted by molar-refractivity contribution is 5.83. The van der Waals surface area contributed by atoms with Gasteiger partial charge < -0.3 is 14.8 Å². The van der Waals surface area contributed by atoms with Crippen LogP contribution in [0.3, 0.4) is 0 Å². The van der Waals surface area contributed by atoms with Crippen molar-refractivity contribution in [3.63, 3.8) is 0 Å². The summed E-state index contributed by atoms with van der Waals surface area (Å²) in [6.07, 6.45) is 0. The van der Waals surface area contributed by atoms with E-state index in [4.69, 9.17) is 9.47 Å². The lowest BCUT2D eigenvalue weighted by atomic mass is 10.0. The van der Waals surface area contributed by atoms with Crippen LogP contribution < -0.4 is 14.8 Å². The van der Waals surface area contributed by atoms with Crippen LogP contribution in [-0.4, -0.2) is 19.1 Å². The molecule has 0 saturated heterocycles. The molecule has 0 aliphatic carbocycles. The molecule has 1 atom stereocenters. The van der Waals surface area contributed by atoms with E-state index in [2.05, 4.69) is 29.6 Å². The minimum atomic E-state index is -0.153. The Labute approximate surface area is 153 Å². The molecule has 0 fully saturated rings. The molecule has 0 saturated carbocycles. The topological polar surface area (TPSA) is 47.6 Å². The fourth-order valence-corrected chi connectivity index (χ4v) is 2.79. The number of hydrogen-bond donors (Lipinski definition) is 1. The second-order valence-corrected chi connectivity index (χ2v) is 6.09. The zero-order valence-electron chi connectivity index (χ0n) is 15.1. The lowest BCUT2D eigenvalue weighted by Crippen LogP contribution is -2.31. The van der Waals surface area contributed by atoms with Crippen LogP contribution in [0, 0.1) is 0 Å². The third-order valence-electron chi connectivity index (χ3n) is 4.16. The minimum Gasteiger partial charge on any atom is -0.494 e. The van der Waals surface area contributed by atoms with Gasteiger partial charge in [0.05, 0.1) is 12.6 Å². The maximum absolute atomic E-state index is 12.2. The Morgan fingerprint density at radius 3 is 2.27 bits per heavy atom. The molecule has 3 aromatic rings. The average Bonchev–Trinajstić information content (AvgIpc) is 2.67. The lowest BCUT2D eigenvalue weighted by molar-refractivity contribution is -0.123. The highest BCUT2D eigenvalue weighted by Gasteiger charge is 2.11. The van der Waals surface area contributed by atoms with Crippen LogP contribution in [-0.2, 0) is 4.79 Å². The van der Waals surface area contributed by atoms with E-state index in [0.717, 1.165) is 16.7 Å². The number of nitrogens with one attached hydrogen (secondary N) is 1. The van der Waals surface area contributed by atoms with Crippen LogP contribution in [0.4, 0.5) is 0 Å². The SMILES string of the molecule is CCOc1ccc(OCC(=O)N[C@@H](C)c2ccc3ccccc3c2)cc1. The summed E-state index contributed by atoms with van der Waals surface area (Å²) in [7, 11) is 0. The quantitative estimate of drug-likeness (QED) is 0.683. The predicted molar refractivity (Wildman–Crippen MR) is 104 cm³/mol. The van der Waals surface area contributed by atoms with Crippen molar-refractivity contribution in [1.29, 1.82) is 0 Å². The van der Waals surface area contributed by atoms with Gasteiger partial charge >= 0.3 is 0 Å². The van der Waals surface area contributed by atoms with Crippen LogP contribution in [0.1, 0.15) is 25.5 Å². The van der Waals surface area contributed by atoms with Crippen molar-refractivity contribution in [3.05, 3.63) is 72.3 Å². The number of benzene rings is 3. The van der Waals surface area contributed by atoms with Gasteiger partial charge in [-0.05, 0) is 60.5 Å². The zero-order chi connectivity index (χ0) is 18.4. The van der Waals surface area contributed by atoms with Gasteiger partial charge in [-0.3, -0.25) is 4.79 Å². The minimum absolute atomic E-state index is 0.0219. The number of ether oxygens (including phenoxy) is 2. The van der Waals surface area contributed by atoms with Crippen molar-refractivity contribution in [2.45, 2.75) is 19.9 Å². The molecule has 0 unspecified atom stereocenters. The number of carbonyl (C=O) groups is 1. The molecule has 0 aliphatic rings. The van der Waals surface area contributed by atoms with Gasteiger partial charge in [0.15, 0.2) is 6.61 Å². The molecule has 4 nitrogen and oxygen atoms in total. The van der Waals surface area contributed by atoms with Gasteiger partial charge in [0.1, 0.15) is 11.5 Å². The standard InChI is InChI=1S/C22H23NO3/c1-3-25-20-10-12-21(13-11-20)26-15-22(24)23-16(2)18-9-8-17-6-4-5-7-19(17)14-18/h4-14,16H,3,15H2,1-2H3,(H,23,24)/t16-/m0/s1. The molecule has 0 aromatic heterocycles. The number of fused-ring (bicyclic) bond motifs is 1. The third kappa shape index (κ3) is 4.54. The summed E-state index contributed by atoms with van der Waals surface area (Å²) in [6, 6.07) is 21.6. The van der Waals surface area contributed by atoms with Crippen LogP contribution >= 0.6 is 0 Å². The van der Waals surface area contributed by atoms with Crippen LogP contribution in [0.25, 0.3) is 10.8 Å². The molecule has 134 valence electrons. The average molecular weight is 349 g/mol. The van der Waals surface area contributed by atoms with Gasteiger partial charge in [-0.2, -0.15) is 0 Å². The first kappa shape index (κ1) is 17.8.